The summed E-state index contributed by atoms with van der Waals surface area (Å²) in [7, 11) is -3.64. The summed E-state index contributed by atoms with van der Waals surface area (Å²) in [6.07, 6.45) is 1.15. The van der Waals surface area contributed by atoms with E-state index < -0.39 is 16.1 Å². The zero-order chi connectivity index (χ0) is 22.9. The highest BCUT2D eigenvalue weighted by molar-refractivity contribution is 7.92. The van der Waals surface area contributed by atoms with E-state index in [9.17, 15) is 13.2 Å². The molecule has 0 aliphatic carbocycles. The Morgan fingerprint density at radius 1 is 1.00 bits per heavy atom. The van der Waals surface area contributed by atoms with Crippen LogP contribution in [0.25, 0.3) is 0 Å². The molecule has 1 fully saturated rings. The summed E-state index contributed by atoms with van der Waals surface area (Å²) in [6, 6.07) is 10.6. The van der Waals surface area contributed by atoms with Crippen LogP contribution >= 0.6 is 11.6 Å². The zero-order valence-corrected chi connectivity index (χ0v) is 20.3. The molecule has 0 spiro atoms. The molecule has 3 rings (SSSR count). The predicted octanol–water partition coefficient (Wildman–Crippen LogP) is 3.77. The van der Waals surface area contributed by atoms with Gasteiger partial charge in [-0.25, -0.2) is 8.42 Å². The van der Waals surface area contributed by atoms with Crippen LogP contribution < -0.4 is 9.21 Å². The monoisotopic (exact) mass is 463 g/mol. The number of piperazine rings is 1. The van der Waals surface area contributed by atoms with E-state index in [4.69, 9.17) is 11.6 Å². The third-order valence-corrected chi connectivity index (χ3v) is 7.23. The van der Waals surface area contributed by atoms with Crippen molar-refractivity contribution in [1.29, 1.82) is 0 Å². The van der Waals surface area contributed by atoms with E-state index in [0.717, 1.165) is 28.6 Å². The molecule has 0 unspecified atom stereocenters. The predicted molar refractivity (Wildman–Crippen MR) is 128 cm³/mol. The molecule has 0 radical (unpaired) electrons. The molecule has 1 saturated heterocycles. The van der Waals surface area contributed by atoms with E-state index in [0.29, 0.717) is 36.9 Å². The highest BCUT2D eigenvalue weighted by Gasteiger charge is 2.34. The number of hydrogen-bond donors (Lipinski definition) is 0. The lowest BCUT2D eigenvalue weighted by Crippen LogP contribution is -2.55. The number of halogens is 1. The minimum Gasteiger partial charge on any atom is -0.368 e. The smallest absolute Gasteiger partial charge is 0.246 e. The molecule has 1 heterocycles. The molecule has 2 aromatic carbocycles. The average Bonchev–Trinajstić information content (AvgIpc) is 2.71. The SMILES string of the molecule is Cc1ccc(C)c(N([C@@H](C)C(=O)N2CCN(c3cc(Cl)ccc3C)CC2)S(C)(=O)=O)c1. The number of nitrogens with zero attached hydrogens (tertiary/aromatic N) is 3. The molecule has 2 aromatic rings. The number of anilines is 2. The molecule has 1 aliphatic rings. The molecule has 8 heteroatoms. The summed E-state index contributed by atoms with van der Waals surface area (Å²) in [4.78, 5) is 17.3. The fraction of sp³-hybridized carbons (Fsp3) is 0.435. The van der Waals surface area contributed by atoms with E-state index in [-0.39, 0.29) is 5.91 Å². The van der Waals surface area contributed by atoms with Crippen LogP contribution in [0.2, 0.25) is 5.02 Å². The maximum absolute atomic E-state index is 13.3. The van der Waals surface area contributed by atoms with Crippen LogP contribution in [-0.4, -0.2) is 57.7 Å². The highest BCUT2D eigenvalue weighted by Crippen LogP contribution is 2.28. The Kier molecular flexibility index (Phi) is 6.86. The van der Waals surface area contributed by atoms with Gasteiger partial charge in [-0.1, -0.05) is 29.8 Å². The molecule has 168 valence electrons. The maximum atomic E-state index is 13.3. The van der Waals surface area contributed by atoms with Gasteiger partial charge in [0.25, 0.3) is 0 Å². The Morgan fingerprint density at radius 3 is 2.23 bits per heavy atom. The van der Waals surface area contributed by atoms with Crippen molar-refractivity contribution in [3.05, 3.63) is 58.1 Å². The van der Waals surface area contributed by atoms with Crippen molar-refractivity contribution >= 4 is 38.9 Å². The largest absolute Gasteiger partial charge is 0.368 e. The van der Waals surface area contributed by atoms with E-state index in [1.54, 1.807) is 11.8 Å². The first-order valence-corrected chi connectivity index (χ1v) is 12.6. The average molecular weight is 464 g/mol. The van der Waals surface area contributed by atoms with Crippen molar-refractivity contribution in [2.45, 2.75) is 33.7 Å². The van der Waals surface area contributed by atoms with Crippen LogP contribution in [0, 0.1) is 20.8 Å². The molecule has 0 bridgehead atoms. The topological polar surface area (TPSA) is 60.9 Å². The van der Waals surface area contributed by atoms with Gasteiger partial charge in [0.1, 0.15) is 6.04 Å². The van der Waals surface area contributed by atoms with Crippen LogP contribution in [0.5, 0.6) is 0 Å². The first-order chi connectivity index (χ1) is 14.5. The standard InChI is InChI=1S/C23H30ClN3O3S/c1-16-6-7-18(3)22(14-16)27(31(5,29)30)19(4)23(28)26-12-10-25(11-13-26)21-15-20(24)9-8-17(21)2/h6-9,14-15,19H,10-13H2,1-5H3/t19-/m0/s1. The minimum atomic E-state index is -3.64. The molecule has 6 nitrogen and oxygen atoms in total. The fourth-order valence-electron chi connectivity index (χ4n) is 4.09. The fourth-order valence-corrected chi connectivity index (χ4v) is 5.47. The van der Waals surface area contributed by atoms with Crippen LogP contribution in [0.4, 0.5) is 11.4 Å². The van der Waals surface area contributed by atoms with Gasteiger partial charge in [-0.15, -0.1) is 0 Å². The Morgan fingerprint density at radius 2 is 1.61 bits per heavy atom. The van der Waals surface area contributed by atoms with Crippen molar-refractivity contribution in [3.63, 3.8) is 0 Å². The number of benzene rings is 2. The van der Waals surface area contributed by atoms with Gasteiger partial charge in [0.15, 0.2) is 0 Å². The lowest BCUT2D eigenvalue weighted by atomic mass is 10.1. The van der Waals surface area contributed by atoms with Crippen molar-refractivity contribution in [3.8, 4) is 0 Å². The summed E-state index contributed by atoms with van der Waals surface area (Å²) >= 11 is 6.16. The summed E-state index contributed by atoms with van der Waals surface area (Å²) < 4.78 is 26.6. The Balaban J connectivity index is 1.79. The third kappa shape index (κ3) is 5.15. The van der Waals surface area contributed by atoms with Gasteiger partial charge >= 0.3 is 0 Å². The van der Waals surface area contributed by atoms with Gasteiger partial charge in [-0.3, -0.25) is 9.10 Å². The van der Waals surface area contributed by atoms with Gasteiger partial charge < -0.3 is 9.80 Å². The van der Waals surface area contributed by atoms with Crippen molar-refractivity contribution in [1.82, 2.24) is 4.90 Å². The van der Waals surface area contributed by atoms with E-state index in [1.807, 2.05) is 57.2 Å². The molecule has 0 saturated carbocycles. The molecular formula is C23H30ClN3O3S. The molecular weight excluding hydrogens is 434 g/mol. The molecule has 0 N–H and O–H groups in total. The minimum absolute atomic E-state index is 0.186. The van der Waals surface area contributed by atoms with Gasteiger partial charge in [0.2, 0.25) is 15.9 Å². The zero-order valence-electron chi connectivity index (χ0n) is 18.7. The lowest BCUT2D eigenvalue weighted by molar-refractivity contribution is -0.132. The van der Waals surface area contributed by atoms with E-state index in [1.165, 1.54) is 4.31 Å². The van der Waals surface area contributed by atoms with Crippen LogP contribution in [-0.2, 0) is 14.8 Å². The number of rotatable bonds is 5. The Hall–Kier alpha value is -2.25. The first kappa shape index (κ1) is 23.4. The highest BCUT2D eigenvalue weighted by atomic mass is 35.5. The number of sulfonamides is 1. The van der Waals surface area contributed by atoms with Gasteiger partial charge in [0.05, 0.1) is 11.9 Å². The summed E-state index contributed by atoms with van der Waals surface area (Å²) in [5.41, 5.74) is 4.52. The Bertz CT molecular complexity index is 1080. The normalized spacial score (nSPS) is 15.7. The number of carbonyl (C=O) groups is 1. The quantitative estimate of drug-likeness (QED) is 0.677. The van der Waals surface area contributed by atoms with Crippen LogP contribution in [0.1, 0.15) is 23.6 Å². The molecule has 1 amide bonds. The number of hydrogen-bond acceptors (Lipinski definition) is 4. The number of amides is 1. The third-order valence-electron chi connectivity index (χ3n) is 5.77. The summed E-state index contributed by atoms with van der Waals surface area (Å²) in [6.45, 7) is 9.87. The van der Waals surface area contributed by atoms with Gasteiger partial charge in [0, 0.05) is 36.9 Å². The molecule has 0 aromatic heterocycles. The summed E-state index contributed by atoms with van der Waals surface area (Å²) in [5.74, 6) is -0.186. The van der Waals surface area contributed by atoms with Crippen LogP contribution in [0.3, 0.4) is 0 Å². The molecule has 1 atom stereocenters. The van der Waals surface area contributed by atoms with Gasteiger partial charge in [-0.2, -0.15) is 0 Å². The summed E-state index contributed by atoms with van der Waals surface area (Å²) in [5, 5.41) is 0.685. The second-order valence-corrected chi connectivity index (χ2v) is 10.6. The lowest BCUT2D eigenvalue weighted by Gasteiger charge is -2.39. The van der Waals surface area contributed by atoms with E-state index in [2.05, 4.69) is 4.90 Å². The maximum Gasteiger partial charge on any atom is 0.246 e. The number of carbonyl (C=O) groups excluding carboxylic acids is 1. The molecule has 1 aliphatic heterocycles. The van der Waals surface area contributed by atoms with E-state index >= 15 is 0 Å². The van der Waals surface area contributed by atoms with Crippen molar-refractivity contribution in [2.24, 2.45) is 0 Å². The van der Waals surface area contributed by atoms with Gasteiger partial charge in [-0.05, 0) is 62.6 Å². The van der Waals surface area contributed by atoms with Crippen molar-refractivity contribution in [2.75, 3.05) is 41.6 Å². The Labute approximate surface area is 190 Å². The number of aryl methyl sites for hydroxylation is 3. The second kappa shape index (κ2) is 9.09. The second-order valence-electron chi connectivity index (χ2n) is 8.27. The molecule has 31 heavy (non-hydrogen) atoms. The van der Waals surface area contributed by atoms with Crippen LogP contribution in [0.15, 0.2) is 36.4 Å². The first-order valence-electron chi connectivity index (χ1n) is 10.4. The van der Waals surface area contributed by atoms with Crippen molar-refractivity contribution < 1.29 is 13.2 Å².